The van der Waals surface area contributed by atoms with E-state index in [4.69, 9.17) is 15.6 Å². The van der Waals surface area contributed by atoms with Crippen LogP contribution in [0.25, 0.3) is 5.57 Å². The van der Waals surface area contributed by atoms with Gasteiger partial charge in [-0.25, -0.2) is 9.18 Å². The third-order valence-electron chi connectivity index (χ3n) is 4.72. The third-order valence-corrected chi connectivity index (χ3v) is 4.72. The van der Waals surface area contributed by atoms with Gasteiger partial charge >= 0.3 is 6.09 Å². The summed E-state index contributed by atoms with van der Waals surface area (Å²) in [5.74, 6) is -1.91. The molecule has 0 saturated carbocycles. The molecule has 10 heteroatoms. The smallest absolute Gasteiger partial charge is 0.415 e. The van der Waals surface area contributed by atoms with Crippen LogP contribution in [-0.2, 0) is 14.3 Å². The van der Waals surface area contributed by atoms with Gasteiger partial charge in [0.15, 0.2) is 12.2 Å². The number of anilines is 1. The first kappa shape index (κ1) is 19.8. The van der Waals surface area contributed by atoms with E-state index in [0.29, 0.717) is 17.6 Å². The number of cyclic esters (lactones) is 1. The lowest BCUT2D eigenvalue weighted by Crippen LogP contribution is -2.42. The zero-order chi connectivity index (χ0) is 20.4. The average Bonchev–Trinajstić information content (AvgIpc) is 3.09. The minimum atomic E-state index is -1.46. The van der Waals surface area contributed by atoms with E-state index in [0.717, 1.165) is 4.90 Å². The van der Waals surface area contributed by atoms with Crippen molar-refractivity contribution < 1.29 is 33.7 Å². The summed E-state index contributed by atoms with van der Waals surface area (Å²) in [6.07, 6.45) is -1.26. The molecule has 1 fully saturated rings. The molecule has 28 heavy (non-hydrogen) atoms. The molecule has 1 aromatic carbocycles. The summed E-state index contributed by atoms with van der Waals surface area (Å²) in [5.41, 5.74) is 6.39. The number of nitrogens with two attached hydrogens (primary N) is 1. The zero-order valence-corrected chi connectivity index (χ0v) is 14.9. The monoisotopic (exact) mass is 393 g/mol. The van der Waals surface area contributed by atoms with Gasteiger partial charge in [0.25, 0.3) is 11.8 Å². The zero-order valence-electron chi connectivity index (χ0n) is 14.9. The van der Waals surface area contributed by atoms with Crippen LogP contribution < -0.4 is 10.6 Å². The molecule has 2 atom stereocenters. The van der Waals surface area contributed by atoms with Crippen LogP contribution >= 0.6 is 0 Å². The van der Waals surface area contributed by atoms with Gasteiger partial charge in [-0.15, -0.1) is 0 Å². The summed E-state index contributed by atoms with van der Waals surface area (Å²) in [6, 6.07) is 4.23. The largest absolute Gasteiger partial charge is 0.434 e. The first-order valence-corrected chi connectivity index (χ1v) is 8.66. The molecule has 2 aliphatic rings. The highest BCUT2D eigenvalue weighted by molar-refractivity contribution is 5.95. The van der Waals surface area contributed by atoms with Crippen LogP contribution in [0.15, 0.2) is 24.3 Å². The lowest BCUT2D eigenvalue weighted by molar-refractivity contribution is -0.141. The van der Waals surface area contributed by atoms with Crippen molar-refractivity contribution >= 4 is 29.2 Å². The maximum Gasteiger partial charge on any atom is 0.415 e. The fraction of sp³-hybridized carbons (Fsp3) is 0.389. The Kier molecular flexibility index (Phi) is 5.61. The van der Waals surface area contributed by atoms with Crippen molar-refractivity contribution in [3.05, 3.63) is 35.7 Å². The summed E-state index contributed by atoms with van der Waals surface area (Å²) in [5, 5.41) is 18.3. The van der Waals surface area contributed by atoms with Gasteiger partial charge in [0, 0.05) is 18.7 Å². The van der Waals surface area contributed by atoms with E-state index in [-0.39, 0.29) is 25.3 Å². The highest BCUT2D eigenvalue weighted by Crippen LogP contribution is 2.29. The van der Waals surface area contributed by atoms with Gasteiger partial charge < -0.3 is 25.6 Å². The molecular formula is C18H20FN3O6. The Balaban J connectivity index is 1.73. The van der Waals surface area contributed by atoms with Crippen LogP contribution in [-0.4, -0.2) is 71.5 Å². The predicted octanol–water partition coefficient (Wildman–Crippen LogP) is -0.395. The molecule has 2 heterocycles. The number of nitrogens with zero attached hydrogens (tertiary/aromatic N) is 2. The third kappa shape index (κ3) is 3.82. The van der Waals surface area contributed by atoms with E-state index in [1.54, 1.807) is 6.08 Å². The minimum absolute atomic E-state index is 0.0834. The first-order chi connectivity index (χ1) is 13.3. The standard InChI is InChI=1S/C18H20FN3O6/c19-13-7-11(22-8-15(16(20)25)28-18(22)27)1-2-12(13)10-3-5-21(6-4-10)17(26)14(24)9-23/h1-3,7,14-15,23-24H,4-6,8-9H2,(H2,20,25)/t14-,15+/m0/s1. The van der Waals surface area contributed by atoms with E-state index in [2.05, 4.69) is 0 Å². The first-order valence-electron chi connectivity index (χ1n) is 8.66. The molecule has 2 aliphatic heterocycles. The summed E-state index contributed by atoms with van der Waals surface area (Å²) in [6.45, 7) is -0.274. The number of halogens is 1. The van der Waals surface area contributed by atoms with E-state index in [9.17, 15) is 23.9 Å². The molecule has 150 valence electrons. The molecule has 9 nitrogen and oxygen atoms in total. The van der Waals surface area contributed by atoms with Gasteiger partial charge in [0.05, 0.1) is 18.8 Å². The van der Waals surface area contributed by atoms with Crippen LogP contribution in [0.1, 0.15) is 12.0 Å². The van der Waals surface area contributed by atoms with Gasteiger partial charge in [-0.2, -0.15) is 0 Å². The number of aliphatic hydroxyl groups excluding tert-OH is 2. The molecule has 0 radical (unpaired) electrons. The van der Waals surface area contributed by atoms with Crippen molar-refractivity contribution in [2.24, 2.45) is 5.73 Å². The van der Waals surface area contributed by atoms with Crippen LogP contribution in [0.4, 0.5) is 14.9 Å². The molecule has 0 spiro atoms. The Labute approximate surface area is 159 Å². The van der Waals surface area contributed by atoms with E-state index in [1.165, 1.54) is 23.1 Å². The minimum Gasteiger partial charge on any atom is -0.434 e. The Morgan fingerprint density at radius 3 is 2.68 bits per heavy atom. The van der Waals surface area contributed by atoms with Gasteiger partial charge in [-0.1, -0.05) is 6.08 Å². The van der Waals surface area contributed by atoms with E-state index < -0.39 is 42.5 Å². The number of carbonyl (C=O) groups is 3. The number of rotatable bonds is 5. The maximum atomic E-state index is 14.6. The van der Waals surface area contributed by atoms with Crippen molar-refractivity contribution in [1.82, 2.24) is 4.90 Å². The molecule has 0 aliphatic carbocycles. The normalized spacial score (nSPS) is 20.6. The fourth-order valence-corrected chi connectivity index (χ4v) is 3.16. The second kappa shape index (κ2) is 7.95. The molecule has 3 rings (SSSR count). The van der Waals surface area contributed by atoms with Crippen molar-refractivity contribution in [3.63, 3.8) is 0 Å². The number of hydrogen-bond acceptors (Lipinski definition) is 6. The van der Waals surface area contributed by atoms with Gasteiger partial charge in [-0.05, 0) is 30.2 Å². The Hall–Kier alpha value is -2.98. The molecule has 0 unspecified atom stereocenters. The van der Waals surface area contributed by atoms with E-state index >= 15 is 0 Å². The number of ether oxygens (including phenoxy) is 1. The summed E-state index contributed by atoms with van der Waals surface area (Å²) >= 11 is 0. The molecule has 3 amide bonds. The van der Waals surface area contributed by atoms with E-state index in [1.807, 2.05) is 0 Å². The Bertz CT molecular complexity index is 843. The number of hydrogen-bond donors (Lipinski definition) is 3. The quantitative estimate of drug-likeness (QED) is 0.624. The van der Waals surface area contributed by atoms with Crippen LogP contribution in [0.5, 0.6) is 0 Å². The summed E-state index contributed by atoms with van der Waals surface area (Å²) in [7, 11) is 0. The second-order valence-electron chi connectivity index (χ2n) is 6.51. The average molecular weight is 393 g/mol. The van der Waals surface area contributed by atoms with Gasteiger partial charge in [-0.3, -0.25) is 14.5 Å². The summed E-state index contributed by atoms with van der Waals surface area (Å²) in [4.78, 5) is 37.4. The number of carbonyl (C=O) groups excluding carboxylic acids is 3. The molecular weight excluding hydrogens is 373 g/mol. The van der Waals surface area contributed by atoms with Crippen molar-refractivity contribution in [2.75, 3.05) is 31.1 Å². The van der Waals surface area contributed by atoms with Crippen molar-refractivity contribution in [1.29, 1.82) is 0 Å². The lowest BCUT2D eigenvalue weighted by Gasteiger charge is -2.28. The van der Waals surface area contributed by atoms with Crippen LogP contribution in [0.3, 0.4) is 0 Å². The topological polar surface area (TPSA) is 133 Å². The number of amides is 3. The number of primary amides is 1. The fourth-order valence-electron chi connectivity index (χ4n) is 3.16. The van der Waals surface area contributed by atoms with Gasteiger partial charge in [0.1, 0.15) is 5.82 Å². The second-order valence-corrected chi connectivity index (χ2v) is 6.51. The Morgan fingerprint density at radius 2 is 2.14 bits per heavy atom. The molecule has 4 N–H and O–H groups in total. The lowest BCUT2D eigenvalue weighted by atomic mass is 9.98. The molecule has 0 aromatic heterocycles. The molecule has 1 aromatic rings. The molecule has 0 bridgehead atoms. The van der Waals surface area contributed by atoms with Crippen molar-refractivity contribution in [2.45, 2.75) is 18.6 Å². The Morgan fingerprint density at radius 1 is 1.39 bits per heavy atom. The summed E-state index contributed by atoms with van der Waals surface area (Å²) < 4.78 is 19.5. The molecule has 1 saturated heterocycles. The number of aliphatic hydroxyl groups is 2. The maximum absolute atomic E-state index is 14.6. The van der Waals surface area contributed by atoms with Gasteiger partial charge in [0.2, 0.25) is 0 Å². The van der Waals surface area contributed by atoms with Crippen LogP contribution in [0, 0.1) is 5.82 Å². The number of benzene rings is 1. The highest BCUT2D eigenvalue weighted by atomic mass is 19.1. The highest BCUT2D eigenvalue weighted by Gasteiger charge is 2.36. The SMILES string of the molecule is NC(=O)[C@H]1CN(c2ccc(C3=CCN(C(=O)[C@@H](O)CO)CC3)c(F)c2)C(=O)O1. The van der Waals surface area contributed by atoms with Crippen molar-refractivity contribution in [3.8, 4) is 0 Å². The van der Waals surface area contributed by atoms with Crippen LogP contribution in [0.2, 0.25) is 0 Å². The predicted molar refractivity (Wildman–Crippen MR) is 95.5 cm³/mol.